The number of ether oxygens (including phenoxy) is 1. The van der Waals surface area contributed by atoms with E-state index in [9.17, 15) is 27.5 Å². The van der Waals surface area contributed by atoms with E-state index in [1.54, 1.807) is 0 Å². The minimum absolute atomic E-state index is 0.141. The first kappa shape index (κ1) is 15.2. The second-order valence-electron chi connectivity index (χ2n) is 3.60. The van der Waals surface area contributed by atoms with Gasteiger partial charge in [0.15, 0.2) is 17.5 Å². The Bertz CT molecular complexity index is 495. The molecule has 0 fully saturated rings. The van der Waals surface area contributed by atoms with Crippen LogP contribution in [0.4, 0.5) is 17.6 Å². The molecule has 0 heterocycles. The average molecular weight is 281 g/mol. The summed E-state index contributed by atoms with van der Waals surface area (Å²) in [5, 5.41) is 9.28. The Morgan fingerprint density at radius 2 is 2.00 bits per heavy atom. The minimum atomic E-state index is -2.52. The van der Waals surface area contributed by atoms with E-state index in [-0.39, 0.29) is 12.7 Å². The molecule has 4 nitrogen and oxygen atoms in total. The number of esters is 1. The van der Waals surface area contributed by atoms with Gasteiger partial charge in [-0.05, 0) is 6.92 Å². The number of phenolic OH excluding ortho intramolecular Hbond substituents is 1. The largest absolute Gasteiger partial charge is 0.507 e. The van der Waals surface area contributed by atoms with Crippen LogP contribution in [0, 0.1) is 17.5 Å². The number of benzene rings is 1. The number of aromatic hydroxyl groups is 1. The van der Waals surface area contributed by atoms with Crippen molar-refractivity contribution in [1.29, 1.82) is 0 Å². The SMILES string of the molecule is CCOC(=O)C(F)[C@@H](N)c1c(O)cc(F)c(F)c1F. The maximum Gasteiger partial charge on any atom is 0.342 e. The van der Waals surface area contributed by atoms with Crippen molar-refractivity contribution in [3.8, 4) is 5.75 Å². The van der Waals surface area contributed by atoms with E-state index in [4.69, 9.17) is 5.73 Å². The van der Waals surface area contributed by atoms with Gasteiger partial charge in [0, 0.05) is 6.07 Å². The molecule has 1 unspecified atom stereocenters. The van der Waals surface area contributed by atoms with Gasteiger partial charge in [0.25, 0.3) is 0 Å². The summed E-state index contributed by atoms with van der Waals surface area (Å²) in [5.41, 5.74) is 4.20. The molecule has 106 valence electrons. The lowest BCUT2D eigenvalue weighted by atomic mass is 10.0. The third-order valence-electron chi connectivity index (χ3n) is 2.34. The van der Waals surface area contributed by atoms with Crippen LogP contribution in [0.15, 0.2) is 6.07 Å². The Labute approximate surface area is 105 Å². The molecule has 0 aromatic heterocycles. The van der Waals surface area contributed by atoms with Crippen molar-refractivity contribution in [2.24, 2.45) is 5.73 Å². The van der Waals surface area contributed by atoms with Gasteiger partial charge in [-0.15, -0.1) is 0 Å². The van der Waals surface area contributed by atoms with E-state index in [2.05, 4.69) is 4.74 Å². The van der Waals surface area contributed by atoms with Crippen LogP contribution >= 0.6 is 0 Å². The van der Waals surface area contributed by atoms with Crippen LogP contribution in [-0.2, 0) is 9.53 Å². The van der Waals surface area contributed by atoms with E-state index in [1.165, 1.54) is 6.92 Å². The third kappa shape index (κ3) is 2.95. The standard InChI is InChI=1S/C11H11F4NO3/c1-2-19-11(18)9(15)10(16)6-5(17)3-4(12)7(13)8(6)14/h3,9-10,17H,2,16H2,1H3/t9?,10-/m0/s1. The highest BCUT2D eigenvalue weighted by Crippen LogP contribution is 2.32. The Morgan fingerprint density at radius 1 is 1.42 bits per heavy atom. The molecule has 2 atom stereocenters. The number of nitrogens with two attached hydrogens (primary N) is 1. The van der Waals surface area contributed by atoms with Crippen molar-refractivity contribution in [2.45, 2.75) is 19.1 Å². The zero-order valence-corrected chi connectivity index (χ0v) is 9.79. The highest BCUT2D eigenvalue weighted by atomic mass is 19.2. The fourth-order valence-electron chi connectivity index (χ4n) is 1.43. The highest BCUT2D eigenvalue weighted by molar-refractivity contribution is 5.76. The second kappa shape index (κ2) is 5.87. The quantitative estimate of drug-likeness (QED) is 0.500. The molecular weight excluding hydrogens is 270 g/mol. The van der Waals surface area contributed by atoms with E-state index >= 15 is 0 Å². The monoisotopic (exact) mass is 281 g/mol. The first-order valence-electron chi connectivity index (χ1n) is 5.23. The molecule has 0 bridgehead atoms. The van der Waals surface area contributed by atoms with Crippen molar-refractivity contribution in [3.05, 3.63) is 29.1 Å². The second-order valence-corrected chi connectivity index (χ2v) is 3.60. The van der Waals surface area contributed by atoms with Crippen LogP contribution in [-0.4, -0.2) is 23.9 Å². The number of rotatable bonds is 4. The fourth-order valence-corrected chi connectivity index (χ4v) is 1.43. The van der Waals surface area contributed by atoms with Crippen LogP contribution in [0.3, 0.4) is 0 Å². The maximum absolute atomic E-state index is 13.6. The molecule has 0 spiro atoms. The van der Waals surface area contributed by atoms with Gasteiger partial charge in [-0.25, -0.2) is 22.4 Å². The topological polar surface area (TPSA) is 72.5 Å². The van der Waals surface area contributed by atoms with Crippen molar-refractivity contribution in [1.82, 2.24) is 0 Å². The molecule has 0 amide bonds. The molecule has 0 aliphatic carbocycles. The summed E-state index contributed by atoms with van der Waals surface area (Å²) in [7, 11) is 0. The molecule has 0 radical (unpaired) electrons. The lowest BCUT2D eigenvalue weighted by molar-refractivity contribution is -0.150. The van der Waals surface area contributed by atoms with Gasteiger partial charge in [-0.3, -0.25) is 0 Å². The molecule has 0 aliphatic rings. The number of halogens is 4. The Kier molecular flexibility index (Phi) is 4.71. The van der Waals surface area contributed by atoms with Gasteiger partial charge in [0.2, 0.25) is 6.17 Å². The molecule has 0 saturated carbocycles. The number of hydrogen-bond acceptors (Lipinski definition) is 4. The van der Waals surface area contributed by atoms with Gasteiger partial charge in [-0.1, -0.05) is 0 Å². The summed E-state index contributed by atoms with van der Waals surface area (Å²) in [6, 6.07) is -1.78. The lowest BCUT2D eigenvalue weighted by Gasteiger charge is -2.18. The molecule has 1 aromatic carbocycles. The van der Waals surface area contributed by atoms with Crippen molar-refractivity contribution >= 4 is 5.97 Å². The number of hydrogen-bond donors (Lipinski definition) is 2. The first-order valence-corrected chi connectivity index (χ1v) is 5.23. The third-order valence-corrected chi connectivity index (χ3v) is 2.34. The Hall–Kier alpha value is -1.83. The molecule has 0 saturated heterocycles. The predicted molar refractivity (Wildman–Crippen MR) is 56.4 cm³/mol. The van der Waals surface area contributed by atoms with E-state index in [1.807, 2.05) is 0 Å². The van der Waals surface area contributed by atoms with E-state index < -0.39 is 46.9 Å². The number of phenols is 1. The minimum Gasteiger partial charge on any atom is -0.507 e. The summed E-state index contributed by atoms with van der Waals surface area (Å²) in [5.74, 6) is -7.90. The summed E-state index contributed by atoms with van der Waals surface area (Å²) in [4.78, 5) is 11.1. The predicted octanol–water partition coefficient (Wildman–Crippen LogP) is 1.71. The van der Waals surface area contributed by atoms with Gasteiger partial charge < -0.3 is 15.6 Å². The van der Waals surface area contributed by atoms with Gasteiger partial charge in [-0.2, -0.15) is 0 Å². The highest BCUT2D eigenvalue weighted by Gasteiger charge is 2.33. The Balaban J connectivity index is 3.16. The van der Waals surface area contributed by atoms with E-state index in [0.29, 0.717) is 0 Å². The van der Waals surface area contributed by atoms with Crippen molar-refractivity contribution in [2.75, 3.05) is 6.61 Å². The number of alkyl halides is 1. The molecule has 19 heavy (non-hydrogen) atoms. The molecule has 0 aliphatic heterocycles. The molecule has 3 N–H and O–H groups in total. The normalized spacial score (nSPS) is 14.0. The van der Waals surface area contributed by atoms with Gasteiger partial charge >= 0.3 is 5.97 Å². The number of carbonyl (C=O) groups is 1. The number of carbonyl (C=O) groups excluding carboxylic acids is 1. The molecule has 1 aromatic rings. The molecule has 8 heteroatoms. The van der Waals surface area contributed by atoms with Crippen LogP contribution in [0.25, 0.3) is 0 Å². The maximum atomic E-state index is 13.6. The summed E-state index contributed by atoms with van der Waals surface area (Å²) in [6.07, 6.45) is -2.52. The van der Waals surface area contributed by atoms with Crippen LogP contribution in [0.5, 0.6) is 5.75 Å². The Morgan fingerprint density at radius 3 is 2.53 bits per heavy atom. The average Bonchev–Trinajstić information content (AvgIpc) is 2.35. The lowest BCUT2D eigenvalue weighted by Crippen LogP contribution is -2.32. The fraction of sp³-hybridized carbons (Fsp3) is 0.364. The van der Waals surface area contributed by atoms with Crippen LogP contribution in [0.2, 0.25) is 0 Å². The summed E-state index contributed by atoms with van der Waals surface area (Å²) < 4.78 is 57.0. The van der Waals surface area contributed by atoms with Crippen LogP contribution < -0.4 is 5.73 Å². The zero-order valence-electron chi connectivity index (χ0n) is 9.79. The summed E-state index contributed by atoms with van der Waals surface area (Å²) in [6.45, 7) is 1.27. The van der Waals surface area contributed by atoms with Crippen molar-refractivity contribution in [3.63, 3.8) is 0 Å². The van der Waals surface area contributed by atoms with Crippen LogP contribution in [0.1, 0.15) is 18.5 Å². The van der Waals surface area contributed by atoms with Gasteiger partial charge in [0.05, 0.1) is 18.2 Å². The smallest absolute Gasteiger partial charge is 0.342 e. The zero-order chi connectivity index (χ0) is 14.7. The molecule has 1 rings (SSSR count). The first-order chi connectivity index (χ1) is 8.81. The van der Waals surface area contributed by atoms with E-state index in [0.717, 1.165) is 0 Å². The van der Waals surface area contributed by atoms with Crippen molar-refractivity contribution < 1.29 is 32.2 Å². The van der Waals surface area contributed by atoms with Gasteiger partial charge in [0.1, 0.15) is 5.75 Å². The molecular formula is C11H11F4NO3. The summed E-state index contributed by atoms with van der Waals surface area (Å²) >= 11 is 0.